The molecule has 2 aromatic rings. The van der Waals surface area contributed by atoms with Crippen LogP contribution in [0.15, 0.2) is 30.5 Å². The standard InChI is InChI=1S/C10H9ClFN3/c11-6-5-9-7-15(14-13-9)10-3-1-8(12)2-4-10/h1-4,7H,5-6H2. The highest BCUT2D eigenvalue weighted by molar-refractivity contribution is 6.17. The van der Waals surface area contributed by atoms with Gasteiger partial charge >= 0.3 is 0 Å². The Labute approximate surface area is 91.5 Å². The molecule has 0 saturated carbocycles. The van der Waals surface area contributed by atoms with Gasteiger partial charge in [-0.15, -0.1) is 16.7 Å². The molecule has 15 heavy (non-hydrogen) atoms. The van der Waals surface area contributed by atoms with Gasteiger partial charge in [-0.25, -0.2) is 9.07 Å². The van der Waals surface area contributed by atoms with Gasteiger partial charge in [-0.2, -0.15) is 0 Å². The van der Waals surface area contributed by atoms with Gasteiger partial charge in [-0.05, 0) is 24.3 Å². The quantitative estimate of drug-likeness (QED) is 0.750. The van der Waals surface area contributed by atoms with Crippen molar-refractivity contribution in [1.82, 2.24) is 15.0 Å². The summed E-state index contributed by atoms with van der Waals surface area (Å²) in [5.74, 6) is 0.252. The van der Waals surface area contributed by atoms with Crippen LogP contribution >= 0.6 is 11.6 Å². The molecule has 78 valence electrons. The monoisotopic (exact) mass is 225 g/mol. The minimum absolute atomic E-state index is 0.264. The molecule has 2 rings (SSSR count). The van der Waals surface area contributed by atoms with E-state index in [1.807, 2.05) is 0 Å². The average Bonchev–Trinajstić information content (AvgIpc) is 2.68. The SMILES string of the molecule is Fc1ccc(-n2cc(CCCl)nn2)cc1. The van der Waals surface area contributed by atoms with Gasteiger partial charge in [0.05, 0.1) is 17.6 Å². The lowest BCUT2D eigenvalue weighted by Crippen LogP contribution is -1.94. The molecule has 1 aromatic heterocycles. The molecule has 0 radical (unpaired) electrons. The first-order valence-electron chi connectivity index (χ1n) is 4.53. The lowest BCUT2D eigenvalue weighted by Gasteiger charge is -1.98. The number of aryl methyl sites for hydroxylation is 1. The van der Waals surface area contributed by atoms with Crippen molar-refractivity contribution >= 4 is 11.6 Å². The third kappa shape index (κ3) is 2.33. The molecular formula is C10H9ClFN3. The second kappa shape index (κ2) is 4.40. The maximum atomic E-state index is 12.7. The van der Waals surface area contributed by atoms with Gasteiger partial charge in [0.2, 0.25) is 0 Å². The molecule has 0 amide bonds. The molecule has 1 aromatic carbocycles. The third-order valence-corrected chi connectivity index (χ3v) is 2.17. The van der Waals surface area contributed by atoms with Gasteiger partial charge in [0, 0.05) is 12.3 Å². The Hall–Kier alpha value is -1.42. The highest BCUT2D eigenvalue weighted by atomic mass is 35.5. The Balaban J connectivity index is 2.25. The van der Waals surface area contributed by atoms with Crippen LogP contribution in [0.5, 0.6) is 0 Å². The number of alkyl halides is 1. The van der Waals surface area contributed by atoms with Crippen molar-refractivity contribution in [2.24, 2.45) is 0 Å². The van der Waals surface area contributed by atoms with E-state index in [2.05, 4.69) is 10.3 Å². The number of benzene rings is 1. The molecule has 0 atom stereocenters. The number of hydrogen-bond acceptors (Lipinski definition) is 2. The largest absolute Gasteiger partial charge is 0.220 e. The molecule has 0 aliphatic heterocycles. The van der Waals surface area contributed by atoms with Crippen LogP contribution in [0.1, 0.15) is 5.69 Å². The van der Waals surface area contributed by atoms with Crippen LogP contribution in [-0.4, -0.2) is 20.9 Å². The van der Waals surface area contributed by atoms with Gasteiger partial charge < -0.3 is 0 Å². The molecule has 5 heteroatoms. The fourth-order valence-corrected chi connectivity index (χ4v) is 1.42. The number of hydrogen-bond donors (Lipinski definition) is 0. The highest BCUT2D eigenvalue weighted by Crippen LogP contribution is 2.08. The van der Waals surface area contributed by atoms with Crippen molar-refractivity contribution in [3.63, 3.8) is 0 Å². The minimum Gasteiger partial charge on any atom is -0.220 e. The van der Waals surface area contributed by atoms with Crippen LogP contribution in [-0.2, 0) is 6.42 Å². The Morgan fingerprint density at radius 2 is 2.00 bits per heavy atom. The van der Waals surface area contributed by atoms with Crippen molar-refractivity contribution in [2.45, 2.75) is 6.42 Å². The third-order valence-electron chi connectivity index (χ3n) is 1.98. The van der Waals surface area contributed by atoms with E-state index in [9.17, 15) is 4.39 Å². The van der Waals surface area contributed by atoms with E-state index in [-0.39, 0.29) is 5.82 Å². The number of aromatic nitrogens is 3. The van der Waals surface area contributed by atoms with E-state index < -0.39 is 0 Å². The summed E-state index contributed by atoms with van der Waals surface area (Å²) >= 11 is 5.59. The van der Waals surface area contributed by atoms with E-state index in [0.717, 1.165) is 11.4 Å². The van der Waals surface area contributed by atoms with Crippen LogP contribution in [0.4, 0.5) is 4.39 Å². The summed E-state index contributed by atoms with van der Waals surface area (Å²) in [6.45, 7) is 0. The number of halogens is 2. The lowest BCUT2D eigenvalue weighted by molar-refractivity contribution is 0.626. The van der Waals surface area contributed by atoms with Crippen LogP contribution < -0.4 is 0 Å². The summed E-state index contributed by atoms with van der Waals surface area (Å²) in [6, 6.07) is 6.07. The second-order valence-corrected chi connectivity index (χ2v) is 3.45. The first-order chi connectivity index (χ1) is 7.29. The molecule has 0 spiro atoms. The van der Waals surface area contributed by atoms with Crippen molar-refractivity contribution < 1.29 is 4.39 Å². The van der Waals surface area contributed by atoms with Crippen LogP contribution in [0, 0.1) is 5.82 Å². The Morgan fingerprint density at radius 1 is 1.27 bits per heavy atom. The minimum atomic E-state index is -0.264. The summed E-state index contributed by atoms with van der Waals surface area (Å²) in [5.41, 5.74) is 1.61. The summed E-state index contributed by atoms with van der Waals surface area (Å²) in [7, 11) is 0. The predicted octanol–water partition coefficient (Wildman–Crippen LogP) is 2.19. The fraction of sp³-hybridized carbons (Fsp3) is 0.200. The molecule has 0 N–H and O–H groups in total. The Bertz CT molecular complexity index is 438. The smallest absolute Gasteiger partial charge is 0.123 e. The summed E-state index contributed by atoms with van der Waals surface area (Å²) in [5, 5.41) is 7.86. The Morgan fingerprint density at radius 3 is 2.67 bits per heavy atom. The fourth-order valence-electron chi connectivity index (χ4n) is 1.23. The molecule has 0 bridgehead atoms. The number of rotatable bonds is 3. The molecule has 0 unspecified atom stereocenters. The van der Waals surface area contributed by atoms with E-state index >= 15 is 0 Å². The van der Waals surface area contributed by atoms with Gasteiger partial charge in [-0.1, -0.05) is 5.21 Å². The normalized spacial score (nSPS) is 10.5. The van der Waals surface area contributed by atoms with Crippen LogP contribution in [0.25, 0.3) is 5.69 Å². The van der Waals surface area contributed by atoms with E-state index in [4.69, 9.17) is 11.6 Å². The maximum absolute atomic E-state index is 12.7. The summed E-state index contributed by atoms with van der Waals surface area (Å²) < 4.78 is 14.3. The second-order valence-electron chi connectivity index (χ2n) is 3.07. The first kappa shape index (κ1) is 10.1. The van der Waals surface area contributed by atoms with Gasteiger partial charge in [-0.3, -0.25) is 0 Å². The van der Waals surface area contributed by atoms with Gasteiger partial charge in [0.1, 0.15) is 5.82 Å². The van der Waals surface area contributed by atoms with Gasteiger partial charge in [0.15, 0.2) is 0 Å². The van der Waals surface area contributed by atoms with Crippen LogP contribution in [0.3, 0.4) is 0 Å². The molecule has 0 fully saturated rings. The Kier molecular flexibility index (Phi) is 2.97. The van der Waals surface area contributed by atoms with Crippen molar-refractivity contribution in [2.75, 3.05) is 5.88 Å². The first-order valence-corrected chi connectivity index (χ1v) is 5.06. The van der Waals surface area contributed by atoms with Crippen LogP contribution in [0.2, 0.25) is 0 Å². The van der Waals surface area contributed by atoms with E-state index in [1.54, 1.807) is 23.0 Å². The topological polar surface area (TPSA) is 30.7 Å². The highest BCUT2D eigenvalue weighted by Gasteiger charge is 2.01. The molecule has 3 nitrogen and oxygen atoms in total. The maximum Gasteiger partial charge on any atom is 0.123 e. The van der Waals surface area contributed by atoms with Crippen molar-refractivity contribution in [3.05, 3.63) is 42.0 Å². The predicted molar refractivity (Wildman–Crippen MR) is 55.7 cm³/mol. The van der Waals surface area contributed by atoms with Gasteiger partial charge in [0.25, 0.3) is 0 Å². The van der Waals surface area contributed by atoms with E-state index in [1.165, 1.54) is 12.1 Å². The molecule has 1 heterocycles. The zero-order valence-electron chi connectivity index (χ0n) is 7.90. The average molecular weight is 226 g/mol. The van der Waals surface area contributed by atoms with Crippen molar-refractivity contribution in [1.29, 1.82) is 0 Å². The zero-order chi connectivity index (χ0) is 10.7. The summed E-state index contributed by atoms with van der Waals surface area (Å²) in [4.78, 5) is 0. The number of nitrogens with zero attached hydrogens (tertiary/aromatic N) is 3. The lowest BCUT2D eigenvalue weighted by atomic mass is 10.3. The summed E-state index contributed by atoms with van der Waals surface area (Å²) in [6.07, 6.45) is 2.47. The molecule has 0 saturated heterocycles. The van der Waals surface area contributed by atoms with Crippen molar-refractivity contribution in [3.8, 4) is 5.69 Å². The molecule has 0 aliphatic rings. The zero-order valence-corrected chi connectivity index (χ0v) is 8.65. The van der Waals surface area contributed by atoms with E-state index in [0.29, 0.717) is 12.3 Å². The molecular weight excluding hydrogens is 217 g/mol. The molecule has 0 aliphatic carbocycles.